The zero-order valence-electron chi connectivity index (χ0n) is 15.3. The number of aromatic nitrogens is 3. The fourth-order valence-electron chi connectivity index (χ4n) is 2.73. The number of nitrogens with two attached hydrogens (primary N) is 2. The van der Waals surface area contributed by atoms with Crippen molar-refractivity contribution in [2.45, 2.75) is 25.8 Å². The van der Waals surface area contributed by atoms with E-state index in [2.05, 4.69) is 25.3 Å². The first-order valence-corrected chi connectivity index (χ1v) is 8.65. The molecule has 8 nitrogen and oxygen atoms in total. The Hall–Kier alpha value is -3.14. The number of aryl methyl sites for hydroxylation is 1. The lowest BCUT2D eigenvalue weighted by Crippen LogP contribution is -2.06. The normalized spacial score (nSPS) is 17.6. The molecule has 0 aliphatic carbocycles. The minimum atomic E-state index is -2.82. The molecule has 3 heterocycles. The number of hydrogen-bond donors (Lipinski definition) is 3. The molecule has 0 bridgehead atoms. The molecule has 10 heteroatoms. The highest BCUT2D eigenvalue weighted by Gasteiger charge is 2.15. The van der Waals surface area contributed by atoms with Crippen LogP contribution in [0.4, 0.5) is 26.2 Å². The first-order valence-electron chi connectivity index (χ1n) is 8.65. The number of allylic oxidation sites excluding steroid dienone is 1. The van der Waals surface area contributed by atoms with Crippen molar-refractivity contribution in [2.24, 2.45) is 10.7 Å². The zero-order valence-corrected chi connectivity index (χ0v) is 15.3. The maximum absolute atomic E-state index is 12.8. The van der Waals surface area contributed by atoms with Gasteiger partial charge in [0.1, 0.15) is 17.5 Å². The molecule has 2 aromatic heterocycles. The van der Waals surface area contributed by atoms with Gasteiger partial charge in [-0.05, 0) is 25.0 Å². The number of alkyl halides is 2. The largest absolute Gasteiger partial charge is 0.404 e. The Morgan fingerprint density at radius 2 is 2.18 bits per heavy atom. The van der Waals surface area contributed by atoms with Gasteiger partial charge < -0.3 is 21.5 Å². The van der Waals surface area contributed by atoms with E-state index >= 15 is 0 Å². The second-order valence-corrected chi connectivity index (χ2v) is 6.26. The molecular weight excluding hydrogens is 368 g/mol. The summed E-state index contributed by atoms with van der Waals surface area (Å²) in [6.45, 7) is 3.21. The molecule has 1 unspecified atom stereocenters. The first kappa shape index (κ1) is 19.6. The van der Waals surface area contributed by atoms with Crippen molar-refractivity contribution in [1.82, 2.24) is 15.0 Å². The fourth-order valence-corrected chi connectivity index (χ4v) is 2.73. The summed E-state index contributed by atoms with van der Waals surface area (Å²) in [5, 5.41) is 2.87. The summed E-state index contributed by atoms with van der Waals surface area (Å²) in [6, 6.07) is 3.25. The molecule has 2 aromatic rings. The summed E-state index contributed by atoms with van der Waals surface area (Å²) in [5.41, 5.74) is 13.7. The quantitative estimate of drug-likeness (QED) is 0.649. The van der Waals surface area contributed by atoms with Crippen LogP contribution in [0.1, 0.15) is 29.8 Å². The molecule has 148 valence electrons. The summed E-state index contributed by atoms with van der Waals surface area (Å²) >= 11 is 0. The van der Waals surface area contributed by atoms with Crippen molar-refractivity contribution in [3.8, 4) is 0 Å². The molecule has 0 amide bonds. The van der Waals surface area contributed by atoms with Gasteiger partial charge in [0, 0.05) is 42.4 Å². The van der Waals surface area contributed by atoms with Crippen LogP contribution in [0.25, 0.3) is 5.57 Å². The molecule has 28 heavy (non-hydrogen) atoms. The molecule has 0 spiro atoms. The SMILES string of the molecule is Cc1cc(Nc2cc(N)nc(C(F)F)n2)ncc1/C(C=NC1CCOC1)=C/N. The third kappa shape index (κ3) is 4.77. The predicted molar refractivity (Wildman–Crippen MR) is 104 cm³/mol. The van der Waals surface area contributed by atoms with Crippen molar-refractivity contribution in [3.63, 3.8) is 0 Å². The van der Waals surface area contributed by atoms with Gasteiger partial charge in [-0.3, -0.25) is 4.99 Å². The van der Waals surface area contributed by atoms with Crippen LogP contribution in [-0.2, 0) is 4.74 Å². The lowest BCUT2D eigenvalue weighted by molar-refractivity contribution is 0.140. The van der Waals surface area contributed by atoms with Gasteiger partial charge in [-0.1, -0.05) is 0 Å². The number of pyridine rings is 1. The maximum Gasteiger partial charge on any atom is 0.297 e. The van der Waals surface area contributed by atoms with Crippen LogP contribution in [0, 0.1) is 6.92 Å². The number of rotatable bonds is 6. The molecule has 1 aliphatic rings. The molecule has 1 fully saturated rings. The summed E-state index contributed by atoms with van der Waals surface area (Å²) in [4.78, 5) is 16.1. The standard InChI is InChI=1S/C18H21F2N7O/c1-10-4-15(26-16-5-14(22)25-18(27-16)17(19)20)24-8-13(10)11(6-21)7-23-12-2-3-28-9-12/h4-8,12,17H,2-3,9,21H2,1H3,(H3,22,24,25,26,27)/b11-6+,23-7?. The van der Waals surface area contributed by atoms with Gasteiger partial charge in [0.25, 0.3) is 6.43 Å². The number of nitrogens with zero attached hydrogens (tertiary/aromatic N) is 4. The van der Waals surface area contributed by atoms with Crippen LogP contribution >= 0.6 is 0 Å². The number of ether oxygens (including phenoxy) is 1. The highest BCUT2D eigenvalue weighted by atomic mass is 19.3. The van der Waals surface area contributed by atoms with Crippen LogP contribution < -0.4 is 16.8 Å². The Labute approximate surface area is 160 Å². The van der Waals surface area contributed by atoms with Gasteiger partial charge in [-0.2, -0.15) is 0 Å². The van der Waals surface area contributed by atoms with Gasteiger partial charge in [0.05, 0.1) is 12.6 Å². The Balaban J connectivity index is 1.78. The summed E-state index contributed by atoms with van der Waals surface area (Å²) in [5.74, 6) is -0.130. The Morgan fingerprint density at radius 1 is 1.36 bits per heavy atom. The fraction of sp³-hybridized carbons (Fsp3) is 0.333. The molecule has 1 saturated heterocycles. The second kappa shape index (κ2) is 8.70. The Morgan fingerprint density at radius 3 is 2.82 bits per heavy atom. The van der Waals surface area contributed by atoms with Gasteiger partial charge in [-0.25, -0.2) is 23.7 Å². The maximum atomic E-state index is 12.8. The van der Waals surface area contributed by atoms with Crippen LogP contribution in [-0.4, -0.2) is 40.4 Å². The minimum absolute atomic E-state index is 0.0541. The lowest BCUT2D eigenvalue weighted by Gasteiger charge is -2.11. The number of nitrogen functional groups attached to an aromatic ring is 1. The average Bonchev–Trinajstić information content (AvgIpc) is 3.16. The summed E-state index contributed by atoms with van der Waals surface area (Å²) in [6.07, 6.45) is 2.89. The minimum Gasteiger partial charge on any atom is -0.404 e. The van der Waals surface area contributed by atoms with Crippen LogP contribution in [0.3, 0.4) is 0 Å². The second-order valence-electron chi connectivity index (χ2n) is 6.26. The van der Waals surface area contributed by atoms with E-state index < -0.39 is 12.2 Å². The van der Waals surface area contributed by atoms with E-state index in [0.29, 0.717) is 19.0 Å². The summed E-state index contributed by atoms with van der Waals surface area (Å²) in [7, 11) is 0. The number of aliphatic imine (C=N–C) groups is 1. The van der Waals surface area contributed by atoms with Crippen molar-refractivity contribution in [1.29, 1.82) is 0 Å². The Bertz CT molecular complexity index is 895. The number of hydrogen-bond acceptors (Lipinski definition) is 8. The molecule has 0 radical (unpaired) electrons. The van der Waals surface area contributed by atoms with E-state index in [4.69, 9.17) is 16.2 Å². The first-order chi connectivity index (χ1) is 13.5. The van der Waals surface area contributed by atoms with Gasteiger partial charge in [0.2, 0.25) is 0 Å². The van der Waals surface area contributed by atoms with Gasteiger partial charge >= 0.3 is 0 Å². The van der Waals surface area contributed by atoms with Gasteiger partial charge in [-0.15, -0.1) is 0 Å². The lowest BCUT2D eigenvalue weighted by atomic mass is 10.0. The predicted octanol–water partition coefficient (Wildman–Crippen LogP) is 2.60. The van der Waals surface area contributed by atoms with Crippen molar-refractivity contribution < 1.29 is 13.5 Å². The zero-order chi connectivity index (χ0) is 20.1. The monoisotopic (exact) mass is 389 g/mol. The van der Waals surface area contributed by atoms with Crippen LogP contribution in [0.15, 0.2) is 29.5 Å². The highest BCUT2D eigenvalue weighted by molar-refractivity contribution is 6.10. The smallest absolute Gasteiger partial charge is 0.297 e. The van der Waals surface area contributed by atoms with Crippen molar-refractivity contribution in [3.05, 3.63) is 41.5 Å². The molecular formula is C18H21F2N7O. The highest BCUT2D eigenvalue weighted by Crippen LogP contribution is 2.23. The van der Waals surface area contributed by atoms with E-state index in [1.54, 1.807) is 18.5 Å². The van der Waals surface area contributed by atoms with Crippen LogP contribution in [0.5, 0.6) is 0 Å². The van der Waals surface area contributed by atoms with E-state index in [1.165, 1.54) is 12.3 Å². The molecule has 0 aromatic carbocycles. The summed E-state index contributed by atoms with van der Waals surface area (Å²) < 4.78 is 31.0. The number of nitrogens with one attached hydrogen (secondary N) is 1. The molecule has 0 saturated carbocycles. The number of anilines is 3. The number of halogens is 2. The third-order valence-corrected chi connectivity index (χ3v) is 4.15. The van der Waals surface area contributed by atoms with E-state index in [1.807, 2.05) is 6.92 Å². The van der Waals surface area contributed by atoms with Crippen molar-refractivity contribution >= 4 is 29.2 Å². The van der Waals surface area contributed by atoms with Crippen molar-refractivity contribution in [2.75, 3.05) is 24.3 Å². The van der Waals surface area contributed by atoms with Gasteiger partial charge in [0.15, 0.2) is 5.82 Å². The molecule has 1 aliphatic heterocycles. The third-order valence-electron chi connectivity index (χ3n) is 4.15. The topological polar surface area (TPSA) is 124 Å². The van der Waals surface area contributed by atoms with E-state index in [0.717, 1.165) is 23.1 Å². The average molecular weight is 389 g/mol. The Kier molecular flexibility index (Phi) is 6.09. The molecule has 1 atom stereocenters. The van der Waals surface area contributed by atoms with E-state index in [9.17, 15) is 8.78 Å². The van der Waals surface area contributed by atoms with E-state index in [-0.39, 0.29) is 17.7 Å². The molecule has 5 N–H and O–H groups in total. The van der Waals surface area contributed by atoms with Crippen LogP contribution in [0.2, 0.25) is 0 Å². The molecule has 3 rings (SSSR count).